The van der Waals surface area contributed by atoms with E-state index >= 15 is 0 Å². The molecule has 32 heavy (non-hydrogen) atoms. The Morgan fingerprint density at radius 3 is 2.44 bits per heavy atom. The average molecular weight is 456 g/mol. The standard InChI is InChI=1S/C22H25N5O4S/c1-16-7-9-19(10-8-16)32(30,31)27-22(29)26-20(13-17-5-3-2-4-6-17)21(28)24-12-11-18-14-23-15-25-18/h2-10,14-15,20H,11-13H2,1H3,(H,23,25)(H,24,28)(H2,26,27,29)/t20-/m0/s1. The Labute approximate surface area is 186 Å². The fraction of sp³-hybridized carbons (Fsp3) is 0.227. The molecule has 3 rings (SSSR count). The van der Waals surface area contributed by atoms with Gasteiger partial charge >= 0.3 is 6.03 Å². The van der Waals surface area contributed by atoms with E-state index in [-0.39, 0.29) is 11.3 Å². The first kappa shape index (κ1) is 23.0. The number of aromatic amines is 1. The minimum atomic E-state index is -4.07. The average Bonchev–Trinajstić information content (AvgIpc) is 3.27. The number of carbonyl (C=O) groups is 2. The first-order chi connectivity index (χ1) is 15.3. The smallest absolute Gasteiger partial charge is 0.329 e. The van der Waals surface area contributed by atoms with Crippen LogP contribution in [0.25, 0.3) is 0 Å². The number of nitrogens with one attached hydrogen (secondary N) is 4. The number of nitrogens with zero attached hydrogens (tertiary/aromatic N) is 1. The van der Waals surface area contributed by atoms with Crippen LogP contribution < -0.4 is 15.4 Å². The van der Waals surface area contributed by atoms with Gasteiger partial charge in [0.15, 0.2) is 0 Å². The van der Waals surface area contributed by atoms with E-state index in [1.54, 1.807) is 24.7 Å². The van der Waals surface area contributed by atoms with Gasteiger partial charge < -0.3 is 15.6 Å². The highest BCUT2D eigenvalue weighted by molar-refractivity contribution is 7.90. The Kier molecular flexibility index (Phi) is 7.61. The van der Waals surface area contributed by atoms with Crippen molar-refractivity contribution in [2.75, 3.05) is 6.54 Å². The molecule has 3 amide bonds. The van der Waals surface area contributed by atoms with Gasteiger partial charge in [0.1, 0.15) is 6.04 Å². The van der Waals surface area contributed by atoms with Crippen LogP contribution in [0.4, 0.5) is 4.79 Å². The number of hydrogen-bond acceptors (Lipinski definition) is 5. The van der Waals surface area contributed by atoms with E-state index in [0.29, 0.717) is 13.0 Å². The molecule has 0 aliphatic rings. The van der Waals surface area contributed by atoms with Crippen LogP contribution in [0.5, 0.6) is 0 Å². The van der Waals surface area contributed by atoms with E-state index in [1.807, 2.05) is 42.0 Å². The number of hydrogen-bond donors (Lipinski definition) is 4. The van der Waals surface area contributed by atoms with Crippen molar-refractivity contribution in [2.24, 2.45) is 0 Å². The van der Waals surface area contributed by atoms with Crippen LogP contribution in [0.15, 0.2) is 72.0 Å². The van der Waals surface area contributed by atoms with Crippen LogP contribution in [0, 0.1) is 6.92 Å². The third kappa shape index (κ3) is 6.67. The second-order valence-electron chi connectivity index (χ2n) is 7.25. The molecule has 0 unspecified atom stereocenters. The lowest BCUT2D eigenvalue weighted by Crippen LogP contribution is -2.52. The van der Waals surface area contributed by atoms with Crippen molar-refractivity contribution in [2.45, 2.75) is 30.7 Å². The molecule has 0 aliphatic carbocycles. The zero-order valence-electron chi connectivity index (χ0n) is 17.5. The maximum Gasteiger partial charge on any atom is 0.329 e. The highest BCUT2D eigenvalue weighted by Crippen LogP contribution is 2.10. The van der Waals surface area contributed by atoms with Gasteiger partial charge in [0, 0.05) is 31.3 Å². The van der Waals surface area contributed by atoms with Gasteiger partial charge in [-0.2, -0.15) is 0 Å². The van der Waals surface area contributed by atoms with Crippen LogP contribution >= 0.6 is 0 Å². The molecule has 1 aromatic heterocycles. The van der Waals surface area contributed by atoms with Crippen LogP contribution in [0.2, 0.25) is 0 Å². The molecule has 9 nitrogen and oxygen atoms in total. The molecule has 4 N–H and O–H groups in total. The fourth-order valence-electron chi connectivity index (χ4n) is 3.01. The number of rotatable bonds is 9. The zero-order valence-corrected chi connectivity index (χ0v) is 18.4. The Hall–Kier alpha value is -3.66. The molecule has 1 atom stereocenters. The van der Waals surface area contributed by atoms with E-state index in [0.717, 1.165) is 16.8 Å². The Bertz CT molecular complexity index is 1130. The predicted octanol–water partition coefficient (Wildman–Crippen LogP) is 1.68. The van der Waals surface area contributed by atoms with E-state index < -0.39 is 28.0 Å². The van der Waals surface area contributed by atoms with Gasteiger partial charge in [0.2, 0.25) is 5.91 Å². The van der Waals surface area contributed by atoms with Crippen molar-refractivity contribution in [3.63, 3.8) is 0 Å². The SMILES string of the molecule is Cc1ccc(S(=O)(=O)NC(=O)N[C@@H](Cc2ccccc2)C(=O)NCCc2cnc[nH]2)cc1. The summed E-state index contributed by atoms with van der Waals surface area (Å²) in [5.74, 6) is -0.420. The van der Waals surface area contributed by atoms with Gasteiger partial charge in [-0.15, -0.1) is 0 Å². The number of sulfonamides is 1. The molecule has 2 aromatic carbocycles. The first-order valence-electron chi connectivity index (χ1n) is 10.0. The molecule has 0 radical (unpaired) electrons. The number of carbonyl (C=O) groups excluding carboxylic acids is 2. The molecule has 10 heteroatoms. The van der Waals surface area contributed by atoms with Crippen LogP contribution in [-0.2, 0) is 27.7 Å². The highest BCUT2D eigenvalue weighted by Gasteiger charge is 2.24. The van der Waals surface area contributed by atoms with E-state index in [9.17, 15) is 18.0 Å². The summed E-state index contributed by atoms with van der Waals surface area (Å²) in [6, 6.07) is 13.3. The second-order valence-corrected chi connectivity index (χ2v) is 8.93. The zero-order chi connectivity index (χ0) is 23.0. The largest absolute Gasteiger partial charge is 0.354 e. The molecule has 0 aliphatic heterocycles. The maximum atomic E-state index is 12.8. The van der Waals surface area contributed by atoms with Crippen LogP contribution in [0.1, 0.15) is 16.8 Å². The predicted molar refractivity (Wildman–Crippen MR) is 119 cm³/mol. The molecular weight excluding hydrogens is 430 g/mol. The molecule has 168 valence electrons. The lowest BCUT2D eigenvalue weighted by molar-refractivity contribution is -0.122. The van der Waals surface area contributed by atoms with Gasteiger partial charge in [0.25, 0.3) is 10.0 Å². The summed E-state index contributed by atoms with van der Waals surface area (Å²) >= 11 is 0. The van der Waals surface area contributed by atoms with E-state index in [2.05, 4.69) is 20.6 Å². The van der Waals surface area contributed by atoms with Crippen LogP contribution in [-0.4, -0.2) is 42.9 Å². The molecule has 0 saturated carbocycles. The van der Waals surface area contributed by atoms with Crippen molar-refractivity contribution in [1.29, 1.82) is 0 Å². The number of aryl methyl sites for hydroxylation is 1. The van der Waals surface area contributed by atoms with Crippen molar-refractivity contribution in [3.05, 3.63) is 83.9 Å². The fourth-order valence-corrected chi connectivity index (χ4v) is 3.93. The van der Waals surface area contributed by atoms with Gasteiger partial charge in [0.05, 0.1) is 11.2 Å². The molecule has 0 spiro atoms. The summed E-state index contributed by atoms with van der Waals surface area (Å²) in [7, 11) is -4.07. The number of urea groups is 1. The van der Waals surface area contributed by atoms with Gasteiger partial charge in [-0.1, -0.05) is 48.0 Å². The minimum absolute atomic E-state index is 0.0399. The summed E-state index contributed by atoms with van der Waals surface area (Å²) in [6.45, 7) is 2.16. The molecule has 0 saturated heterocycles. The number of imidazole rings is 1. The first-order valence-corrected chi connectivity index (χ1v) is 11.5. The summed E-state index contributed by atoms with van der Waals surface area (Å²) in [6.07, 6.45) is 3.96. The quantitative estimate of drug-likeness (QED) is 0.390. The number of benzene rings is 2. The number of amides is 3. The monoisotopic (exact) mass is 455 g/mol. The lowest BCUT2D eigenvalue weighted by atomic mass is 10.1. The highest BCUT2D eigenvalue weighted by atomic mass is 32.2. The van der Waals surface area contributed by atoms with Crippen molar-refractivity contribution >= 4 is 22.0 Å². The second kappa shape index (κ2) is 10.6. The van der Waals surface area contributed by atoms with E-state index in [1.165, 1.54) is 12.1 Å². The third-order valence-corrected chi connectivity index (χ3v) is 6.06. The Morgan fingerprint density at radius 1 is 1.06 bits per heavy atom. The molecule has 1 heterocycles. The molecule has 0 bridgehead atoms. The maximum absolute atomic E-state index is 12.8. The normalized spacial score (nSPS) is 12.0. The van der Waals surface area contributed by atoms with Crippen LogP contribution in [0.3, 0.4) is 0 Å². The summed E-state index contributed by atoms with van der Waals surface area (Å²) in [4.78, 5) is 32.1. The third-order valence-electron chi connectivity index (χ3n) is 4.71. The Morgan fingerprint density at radius 2 is 1.78 bits per heavy atom. The Balaban J connectivity index is 1.65. The number of H-pyrrole nitrogens is 1. The topological polar surface area (TPSA) is 133 Å². The van der Waals surface area contributed by atoms with Crippen molar-refractivity contribution in [1.82, 2.24) is 25.3 Å². The minimum Gasteiger partial charge on any atom is -0.354 e. The summed E-state index contributed by atoms with van der Waals surface area (Å²) in [5, 5.41) is 5.25. The van der Waals surface area contributed by atoms with E-state index in [4.69, 9.17) is 0 Å². The van der Waals surface area contributed by atoms with Crippen molar-refractivity contribution < 1.29 is 18.0 Å². The molecule has 0 fully saturated rings. The van der Waals surface area contributed by atoms with Crippen molar-refractivity contribution in [3.8, 4) is 0 Å². The number of aromatic nitrogens is 2. The van der Waals surface area contributed by atoms with Gasteiger partial charge in [-0.05, 0) is 24.6 Å². The summed E-state index contributed by atoms with van der Waals surface area (Å²) < 4.78 is 26.9. The lowest BCUT2D eigenvalue weighted by Gasteiger charge is -2.19. The molecule has 3 aromatic rings. The van der Waals surface area contributed by atoms with Gasteiger partial charge in [-0.25, -0.2) is 22.9 Å². The van der Waals surface area contributed by atoms with Gasteiger partial charge in [-0.3, -0.25) is 4.79 Å². The summed E-state index contributed by atoms with van der Waals surface area (Å²) in [5.41, 5.74) is 2.57. The molecular formula is C22H25N5O4S.